The lowest BCUT2D eigenvalue weighted by atomic mass is 10.4. The van der Waals surface area contributed by atoms with Crippen LogP contribution in [0.3, 0.4) is 0 Å². The Bertz CT molecular complexity index is 60.0. The van der Waals surface area contributed by atoms with Crippen molar-refractivity contribution in [3.8, 4) is 0 Å². The fourth-order valence-corrected chi connectivity index (χ4v) is 0.107. The Labute approximate surface area is 40.3 Å². The monoisotopic (exact) mass is 106 g/mol. The van der Waals surface area contributed by atoms with E-state index in [-0.39, 0.29) is 0 Å². The number of aliphatic hydroxyl groups excluding tert-OH is 2. The smallest absolute Gasteiger partial charge is 0.348 e. The van der Waals surface area contributed by atoms with Crippen LogP contribution in [0, 0.1) is 0 Å². The first-order chi connectivity index (χ1) is 3.31. The molecule has 1 unspecified atom stereocenters. The first kappa shape index (κ1) is 6.39. The average Bonchev–Trinajstić information content (AvgIpc) is 1.68. The number of aldehydes is 1. The van der Waals surface area contributed by atoms with Crippen LogP contribution >= 0.6 is 0 Å². The van der Waals surface area contributed by atoms with E-state index in [9.17, 15) is 0 Å². The molecule has 2 N–H and O–H groups in total. The van der Waals surface area contributed by atoms with E-state index in [1.807, 2.05) is 0 Å². The molecule has 0 aromatic rings. The summed E-state index contributed by atoms with van der Waals surface area (Å²) in [6, 6.07) is 0. The molecule has 0 heterocycles. The molecule has 0 aromatic heterocycles. The predicted molar refractivity (Wildman–Crippen MR) is 19.2 cm³/mol. The molecule has 0 spiro atoms. The fraction of sp³-hybridized carbons (Fsp3) is 0.667. The summed E-state index contributed by atoms with van der Waals surface area (Å²) in [6.45, 7) is -0.484. The van der Waals surface area contributed by atoms with Gasteiger partial charge < -0.3 is 15.5 Å². The van der Waals surface area contributed by atoms with Crippen molar-refractivity contribution < 1.29 is 20.0 Å². The zero-order valence-corrected chi connectivity index (χ0v) is 3.57. The van der Waals surface area contributed by atoms with Gasteiger partial charge in [-0.1, -0.05) is 0 Å². The van der Waals surface area contributed by atoms with Gasteiger partial charge >= 0.3 is 6.29 Å². The number of carbonyl (C=O) groups excluding carboxylic acids is 1. The summed E-state index contributed by atoms with van der Waals surface area (Å²) in [5.74, 6) is 0. The maximum absolute atomic E-state index is 9.07. The quantitative estimate of drug-likeness (QED) is 0.175. The van der Waals surface area contributed by atoms with Gasteiger partial charge in [0.15, 0.2) is 6.10 Å². The molecule has 42 valence electrons. The van der Waals surface area contributed by atoms with Gasteiger partial charge in [-0.05, 0) is 0 Å². The summed E-state index contributed by atoms with van der Waals surface area (Å²) in [5.41, 5.74) is 0. The van der Waals surface area contributed by atoms with Crippen LogP contribution in [0.25, 0.3) is 0 Å². The van der Waals surface area contributed by atoms with Gasteiger partial charge in [0, 0.05) is 0 Å². The second-order valence-corrected chi connectivity index (χ2v) is 0.982. The van der Waals surface area contributed by atoms with Gasteiger partial charge in [0.25, 0.3) is 0 Å². The van der Waals surface area contributed by atoms with Crippen LogP contribution in [0.15, 0.2) is 0 Å². The van der Waals surface area contributed by atoms with E-state index in [1.165, 1.54) is 0 Å². The van der Waals surface area contributed by atoms with Gasteiger partial charge in [0.2, 0.25) is 0 Å². The summed E-state index contributed by atoms with van der Waals surface area (Å²) in [4.78, 5) is 0. The van der Waals surface area contributed by atoms with E-state index in [4.69, 9.17) is 15.5 Å². The largest absolute Gasteiger partial charge is 0.463 e. The van der Waals surface area contributed by atoms with Crippen molar-refractivity contribution in [2.75, 3.05) is 6.61 Å². The van der Waals surface area contributed by atoms with Crippen molar-refractivity contribution in [1.29, 1.82) is 0 Å². The Balaban J connectivity index is 3.16. The lowest BCUT2D eigenvalue weighted by Gasteiger charge is -1.86. The standard InChI is InChI=1S/C3H6O4/c4-1-3(5)2-7-6/h2-5H,1H2. The van der Waals surface area contributed by atoms with E-state index >= 15 is 0 Å². The molecule has 0 aliphatic heterocycles. The maximum Gasteiger partial charge on any atom is 0.348 e. The minimum Gasteiger partial charge on any atom is -0.463 e. The van der Waals surface area contributed by atoms with Crippen LogP contribution in [0.4, 0.5) is 0 Å². The van der Waals surface area contributed by atoms with Crippen molar-refractivity contribution in [3.05, 3.63) is 0 Å². The van der Waals surface area contributed by atoms with Crippen LogP contribution < -0.4 is 5.26 Å². The number of rotatable bonds is 2. The van der Waals surface area contributed by atoms with Crippen LogP contribution in [-0.4, -0.2) is 29.2 Å². The van der Waals surface area contributed by atoms with Gasteiger partial charge in [0.1, 0.15) is 0 Å². The zero-order valence-electron chi connectivity index (χ0n) is 3.57. The Morgan fingerprint density at radius 3 is 2.57 bits per heavy atom. The Kier molecular flexibility index (Phi) is 3.26. The van der Waals surface area contributed by atoms with Crippen molar-refractivity contribution >= 4 is 6.29 Å². The Morgan fingerprint density at radius 1 is 1.86 bits per heavy atom. The van der Waals surface area contributed by atoms with Crippen LogP contribution in [0.5, 0.6) is 0 Å². The first-order valence-corrected chi connectivity index (χ1v) is 1.72. The third-order valence-corrected chi connectivity index (χ3v) is 0.400. The molecule has 4 nitrogen and oxygen atoms in total. The Morgan fingerprint density at radius 2 is 2.43 bits per heavy atom. The molecule has 0 aliphatic rings. The summed E-state index contributed by atoms with van der Waals surface area (Å²) in [6.07, 6.45) is -0.558. The van der Waals surface area contributed by atoms with Crippen molar-refractivity contribution in [1.82, 2.24) is 0 Å². The minimum absolute atomic E-state index is 0.484. The zero-order chi connectivity index (χ0) is 5.70. The topological polar surface area (TPSA) is 74.8 Å². The molecule has 1 atom stereocenters. The van der Waals surface area contributed by atoms with Crippen LogP contribution in [-0.2, 0) is 4.58 Å². The average molecular weight is 106 g/mol. The molecule has 7 heavy (non-hydrogen) atoms. The Hall–Kier alpha value is -0.610. The summed E-state index contributed by atoms with van der Waals surface area (Å²) < 4.78 is 3.11. The highest BCUT2D eigenvalue weighted by molar-refractivity contribution is 5.55. The van der Waals surface area contributed by atoms with E-state index < -0.39 is 12.7 Å². The normalized spacial score (nSPS) is 15.1. The van der Waals surface area contributed by atoms with Gasteiger partial charge in [-0.2, -0.15) is 4.58 Å². The highest BCUT2D eigenvalue weighted by Crippen LogP contribution is 1.67. The molecule has 0 rings (SSSR count). The predicted octanol–water partition coefficient (Wildman–Crippen LogP) is -2.65. The first-order valence-electron chi connectivity index (χ1n) is 1.72. The van der Waals surface area contributed by atoms with E-state index in [0.29, 0.717) is 6.29 Å². The minimum atomic E-state index is -1.16. The van der Waals surface area contributed by atoms with E-state index in [2.05, 4.69) is 4.58 Å². The van der Waals surface area contributed by atoms with Gasteiger partial charge in [-0.15, -0.1) is 0 Å². The highest BCUT2D eigenvalue weighted by Gasteiger charge is 2.00. The summed E-state index contributed by atoms with van der Waals surface area (Å²) >= 11 is 0. The van der Waals surface area contributed by atoms with Crippen LogP contribution in [0.2, 0.25) is 0 Å². The molecular weight excluding hydrogens is 100 g/mol. The molecular formula is C3H6O4. The summed E-state index contributed by atoms with van der Waals surface area (Å²) in [5, 5.41) is 25.3. The van der Waals surface area contributed by atoms with Gasteiger partial charge in [-0.25, -0.2) is 0 Å². The number of hydrogen-bond donors (Lipinski definition) is 2. The van der Waals surface area contributed by atoms with E-state index in [0.717, 1.165) is 0 Å². The molecule has 0 amide bonds. The highest BCUT2D eigenvalue weighted by atomic mass is 17.1. The van der Waals surface area contributed by atoms with E-state index in [1.54, 1.807) is 0 Å². The molecule has 0 fully saturated rings. The molecule has 0 bridgehead atoms. The second kappa shape index (κ2) is 3.58. The third-order valence-electron chi connectivity index (χ3n) is 0.400. The molecule has 0 aliphatic carbocycles. The van der Waals surface area contributed by atoms with Crippen LogP contribution in [0.1, 0.15) is 0 Å². The SMILES string of the molecule is [O-][O+]=CC(O)CO. The number of aliphatic hydroxyl groups is 2. The van der Waals surface area contributed by atoms with Gasteiger partial charge in [0.05, 0.1) is 6.61 Å². The second-order valence-electron chi connectivity index (χ2n) is 0.982. The van der Waals surface area contributed by atoms with Crippen molar-refractivity contribution in [3.63, 3.8) is 0 Å². The summed E-state index contributed by atoms with van der Waals surface area (Å²) in [7, 11) is 0. The number of hydrogen-bond acceptors (Lipinski definition) is 3. The van der Waals surface area contributed by atoms with Crippen molar-refractivity contribution in [2.45, 2.75) is 6.10 Å². The fourth-order valence-electron chi connectivity index (χ4n) is 0.107. The lowest BCUT2D eigenvalue weighted by molar-refractivity contribution is -1.04. The third kappa shape index (κ3) is 3.21. The molecule has 4 heteroatoms. The molecule has 0 saturated heterocycles. The molecule has 0 saturated carbocycles. The lowest BCUT2D eigenvalue weighted by Crippen LogP contribution is -2.16. The maximum atomic E-state index is 9.07. The molecule has 0 aromatic carbocycles. The van der Waals surface area contributed by atoms with Crippen molar-refractivity contribution in [2.24, 2.45) is 0 Å². The molecule has 0 radical (unpaired) electrons. The van der Waals surface area contributed by atoms with Gasteiger partial charge in [-0.3, -0.25) is 0 Å².